The number of aromatic nitrogens is 2. The fraction of sp³-hybridized carbons (Fsp3) is 0.350. The van der Waals surface area contributed by atoms with Crippen molar-refractivity contribution in [2.75, 3.05) is 11.9 Å². The highest BCUT2D eigenvalue weighted by Crippen LogP contribution is 2.19. The first kappa shape index (κ1) is 18.4. The molecule has 2 aromatic rings. The second-order valence-corrected chi connectivity index (χ2v) is 6.73. The zero-order chi connectivity index (χ0) is 18.2. The number of rotatable bonds is 7. The van der Waals surface area contributed by atoms with E-state index < -0.39 is 0 Å². The predicted octanol–water partition coefficient (Wildman–Crippen LogP) is 4.36. The number of nitrogens with zero attached hydrogens (tertiary/aromatic N) is 2. The van der Waals surface area contributed by atoms with Gasteiger partial charge in [-0.15, -0.1) is 0 Å². The molecule has 1 aromatic heterocycles. The van der Waals surface area contributed by atoms with Gasteiger partial charge in [-0.25, -0.2) is 9.97 Å². The number of allylic oxidation sites excluding steroid dienone is 1. The summed E-state index contributed by atoms with van der Waals surface area (Å²) in [5.41, 5.74) is 2.71. The maximum absolute atomic E-state index is 12.3. The van der Waals surface area contributed by atoms with Gasteiger partial charge in [0.2, 0.25) is 5.95 Å². The molecule has 0 spiro atoms. The Morgan fingerprint density at radius 3 is 2.88 bits per heavy atom. The summed E-state index contributed by atoms with van der Waals surface area (Å²) in [6.45, 7) is 1.13. The van der Waals surface area contributed by atoms with Crippen LogP contribution >= 0.6 is 11.6 Å². The quantitative estimate of drug-likeness (QED) is 0.710. The summed E-state index contributed by atoms with van der Waals surface area (Å²) in [4.78, 5) is 20.8. The van der Waals surface area contributed by atoms with E-state index >= 15 is 0 Å². The zero-order valence-electron chi connectivity index (χ0n) is 14.7. The van der Waals surface area contributed by atoms with Crippen LogP contribution < -0.4 is 10.6 Å². The third-order valence-corrected chi connectivity index (χ3v) is 4.77. The van der Waals surface area contributed by atoms with Crippen LogP contribution in [0.15, 0.2) is 48.2 Å². The first-order valence-electron chi connectivity index (χ1n) is 8.99. The lowest BCUT2D eigenvalue weighted by atomic mass is 9.97. The van der Waals surface area contributed by atoms with E-state index in [0.29, 0.717) is 23.2 Å². The summed E-state index contributed by atoms with van der Waals surface area (Å²) in [5, 5.41) is 6.68. The average molecular weight is 371 g/mol. The van der Waals surface area contributed by atoms with Crippen LogP contribution in [-0.4, -0.2) is 22.4 Å². The molecule has 1 aromatic carbocycles. The number of carbonyl (C=O) groups excluding carboxylic acids is 1. The summed E-state index contributed by atoms with van der Waals surface area (Å²) < 4.78 is 0. The normalized spacial score (nSPS) is 13.8. The van der Waals surface area contributed by atoms with Crippen LogP contribution in [0.25, 0.3) is 0 Å². The van der Waals surface area contributed by atoms with Crippen LogP contribution in [0.3, 0.4) is 0 Å². The van der Waals surface area contributed by atoms with E-state index in [2.05, 4.69) is 26.7 Å². The van der Waals surface area contributed by atoms with E-state index in [4.69, 9.17) is 11.6 Å². The smallest absolute Gasteiger partial charge is 0.270 e. The van der Waals surface area contributed by atoms with Crippen LogP contribution in [0.1, 0.15) is 48.2 Å². The van der Waals surface area contributed by atoms with Gasteiger partial charge in [0.05, 0.1) is 0 Å². The highest BCUT2D eigenvalue weighted by Gasteiger charge is 2.10. The first-order valence-corrected chi connectivity index (χ1v) is 9.36. The van der Waals surface area contributed by atoms with Gasteiger partial charge < -0.3 is 10.6 Å². The number of amides is 1. The average Bonchev–Trinajstić information content (AvgIpc) is 2.68. The fourth-order valence-electron chi connectivity index (χ4n) is 2.94. The molecular weight excluding hydrogens is 348 g/mol. The summed E-state index contributed by atoms with van der Waals surface area (Å²) in [7, 11) is 0. The lowest BCUT2D eigenvalue weighted by Gasteiger charge is -2.13. The van der Waals surface area contributed by atoms with Crippen molar-refractivity contribution in [1.82, 2.24) is 15.3 Å². The second-order valence-electron chi connectivity index (χ2n) is 6.32. The molecule has 1 amide bonds. The second kappa shape index (κ2) is 9.34. The van der Waals surface area contributed by atoms with Gasteiger partial charge >= 0.3 is 0 Å². The third kappa shape index (κ3) is 5.30. The molecule has 0 saturated carbocycles. The van der Waals surface area contributed by atoms with E-state index in [1.807, 2.05) is 18.2 Å². The summed E-state index contributed by atoms with van der Waals surface area (Å²) in [6, 6.07) is 9.05. The number of halogens is 1. The van der Waals surface area contributed by atoms with Gasteiger partial charge in [0.15, 0.2) is 0 Å². The largest absolute Gasteiger partial charge is 0.354 e. The Balaban J connectivity index is 1.52. The predicted molar refractivity (Wildman–Crippen MR) is 104 cm³/mol. The molecular formula is C20H23ClN4O. The highest BCUT2D eigenvalue weighted by atomic mass is 35.5. The molecule has 0 atom stereocenters. The summed E-state index contributed by atoms with van der Waals surface area (Å²) in [5.74, 6) is 0.233. The van der Waals surface area contributed by atoms with Crippen molar-refractivity contribution in [2.45, 2.75) is 38.6 Å². The standard InChI is InChI=1S/C20H23ClN4O/c21-17-9-5-4-8-16(17)14-24-19(26)18-11-13-23-20(25-18)22-12-10-15-6-2-1-3-7-15/h4-6,8-9,11,13H,1-3,7,10,12,14H2,(H,24,26)(H,22,23,25). The molecule has 1 aliphatic rings. The number of hydrogen-bond donors (Lipinski definition) is 2. The molecule has 2 N–H and O–H groups in total. The van der Waals surface area contributed by atoms with E-state index in [-0.39, 0.29) is 5.91 Å². The monoisotopic (exact) mass is 370 g/mol. The van der Waals surface area contributed by atoms with Crippen LogP contribution in [0.5, 0.6) is 0 Å². The lowest BCUT2D eigenvalue weighted by molar-refractivity contribution is 0.0946. The molecule has 0 unspecified atom stereocenters. The van der Waals surface area contributed by atoms with Crippen molar-refractivity contribution < 1.29 is 4.79 Å². The number of carbonyl (C=O) groups is 1. The molecule has 0 bridgehead atoms. The highest BCUT2D eigenvalue weighted by molar-refractivity contribution is 6.31. The van der Waals surface area contributed by atoms with E-state index in [9.17, 15) is 4.79 Å². The Kier molecular flexibility index (Phi) is 6.61. The van der Waals surface area contributed by atoms with E-state index in [0.717, 1.165) is 18.5 Å². The van der Waals surface area contributed by atoms with Crippen molar-refractivity contribution >= 4 is 23.5 Å². The number of benzene rings is 1. The van der Waals surface area contributed by atoms with Gasteiger partial charge in [-0.3, -0.25) is 4.79 Å². The van der Waals surface area contributed by atoms with Gasteiger partial charge in [-0.05, 0) is 49.8 Å². The molecule has 0 saturated heterocycles. The van der Waals surface area contributed by atoms with Crippen molar-refractivity contribution in [3.63, 3.8) is 0 Å². The fourth-order valence-corrected chi connectivity index (χ4v) is 3.15. The molecule has 5 nitrogen and oxygen atoms in total. The topological polar surface area (TPSA) is 66.9 Å². The Morgan fingerprint density at radius 1 is 1.19 bits per heavy atom. The Hall–Kier alpha value is -2.40. The Bertz CT molecular complexity index is 791. The van der Waals surface area contributed by atoms with Gasteiger partial charge in [-0.1, -0.05) is 41.4 Å². The van der Waals surface area contributed by atoms with Crippen molar-refractivity contribution in [1.29, 1.82) is 0 Å². The Labute approximate surface area is 158 Å². The van der Waals surface area contributed by atoms with E-state index in [1.54, 1.807) is 18.3 Å². The first-order chi connectivity index (χ1) is 12.7. The third-order valence-electron chi connectivity index (χ3n) is 4.40. The molecule has 1 aliphatic carbocycles. The molecule has 0 aliphatic heterocycles. The van der Waals surface area contributed by atoms with Crippen molar-refractivity contribution in [3.8, 4) is 0 Å². The molecule has 3 rings (SSSR count). The molecule has 6 heteroatoms. The lowest BCUT2D eigenvalue weighted by Crippen LogP contribution is -2.24. The van der Waals surface area contributed by atoms with Gasteiger partial charge in [0, 0.05) is 24.3 Å². The molecule has 26 heavy (non-hydrogen) atoms. The summed E-state index contributed by atoms with van der Waals surface area (Å²) in [6.07, 6.45) is 9.88. The van der Waals surface area contributed by atoms with Crippen molar-refractivity contribution in [3.05, 3.63) is 64.5 Å². The number of hydrogen-bond acceptors (Lipinski definition) is 4. The number of nitrogens with one attached hydrogen (secondary N) is 2. The number of anilines is 1. The maximum Gasteiger partial charge on any atom is 0.270 e. The van der Waals surface area contributed by atoms with Crippen LogP contribution in [0.4, 0.5) is 5.95 Å². The maximum atomic E-state index is 12.3. The Morgan fingerprint density at radius 2 is 2.08 bits per heavy atom. The zero-order valence-corrected chi connectivity index (χ0v) is 15.4. The van der Waals surface area contributed by atoms with Crippen LogP contribution in [0, 0.1) is 0 Å². The molecule has 0 radical (unpaired) electrons. The van der Waals surface area contributed by atoms with Crippen LogP contribution in [-0.2, 0) is 6.54 Å². The minimum atomic E-state index is -0.245. The molecule has 0 fully saturated rings. The van der Waals surface area contributed by atoms with Gasteiger partial charge in [0.25, 0.3) is 5.91 Å². The van der Waals surface area contributed by atoms with Crippen LogP contribution in [0.2, 0.25) is 5.02 Å². The summed E-state index contributed by atoms with van der Waals surface area (Å²) >= 11 is 6.11. The molecule has 136 valence electrons. The van der Waals surface area contributed by atoms with Gasteiger partial charge in [0.1, 0.15) is 5.69 Å². The SMILES string of the molecule is O=C(NCc1ccccc1Cl)c1ccnc(NCCC2=CCCCC2)n1. The molecule has 1 heterocycles. The van der Waals surface area contributed by atoms with Gasteiger partial charge in [-0.2, -0.15) is 0 Å². The van der Waals surface area contributed by atoms with Crippen molar-refractivity contribution in [2.24, 2.45) is 0 Å². The minimum absolute atomic E-state index is 0.245. The van der Waals surface area contributed by atoms with E-state index in [1.165, 1.54) is 31.3 Å². The minimum Gasteiger partial charge on any atom is -0.354 e.